The molecule has 0 aliphatic heterocycles. The van der Waals surface area contributed by atoms with Crippen LogP contribution in [0.1, 0.15) is 6.92 Å². The van der Waals surface area contributed by atoms with Gasteiger partial charge in [0.25, 0.3) is 0 Å². The van der Waals surface area contributed by atoms with Gasteiger partial charge in [0.1, 0.15) is 0 Å². The van der Waals surface area contributed by atoms with Crippen molar-refractivity contribution in [1.29, 1.82) is 10.8 Å². The fourth-order valence-corrected chi connectivity index (χ4v) is 0.180. The van der Waals surface area contributed by atoms with Crippen LogP contribution >= 0.6 is 0 Å². The first kappa shape index (κ1) is 6.08. The molecule has 2 N–H and O–H groups in total. The highest BCUT2D eigenvalue weighted by Crippen LogP contribution is 1.79. The Hall–Kier alpha value is -0.920. The Morgan fingerprint density at radius 2 is 2.00 bits per heavy atom. The first-order valence-electron chi connectivity index (χ1n) is 1.99. The highest BCUT2D eigenvalue weighted by Gasteiger charge is 1.71. The fraction of sp³-hybridized carbons (Fsp3) is 0.200. The summed E-state index contributed by atoms with van der Waals surface area (Å²) in [6.07, 6.45) is 3.94. The number of nitrogens with one attached hydrogen (secondary N) is 2. The standard InChI is InChI=1S/C5H8N2/c1-5(4-7)2-3-6/h2-4,6-7H,1H3. The molecule has 7 heavy (non-hydrogen) atoms. The zero-order chi connectivity index (χ0) is 5.70. The molecule has 0 unspecified atom stereocenters. The Kier molecular flexibility index (Phi) is 2.85. The summed E-state index contributed by atoms with van der Waals surface area (Å²) in [4.78, 5) is 0. The molecule has 0 aliphatic carbocycles. The lowest BCUT2D eigenvalue weighted by molar-refractivity contribution is 1.50. The minimum absolute atomic E-state index is 0.801. The Morgan fingerprint density at radius 1 is 1.43 bits per heavy atom. The Labute approximate surface area is 42.9 Å². The maximum absolute atomic E-state index is 6.62. The van der Waals surface area contributed by atoms with Gasteiger partial charge in [-0.25, -0.2) is 0 Å². The lowest BCUT2D eigenvalue weighted by atomic mass is 10.3. The second kappa shape index (κ2) is 3.28. The zero-order valence-electron chi connectivity index (χ0n) is 4.23. The van der Waals surface area contributed by atoms with Gasteiger partial charge in [0.15, 0.2) is 0 Å². The predicted octanol–water partition coefficient (Wildman–Crippen LogP) is 1.23. The van der Waals surface area contributed by atoms with E-state index in [4.69, 9.17) is 10.8 Å². The summed E-state index contributed by atoms with van der Waals surface area (Å²) < 4.78 is 0. The van der Waals surface area contributed by atoms with Gasteiger partial charge < -0.3 is 10.8 Å². The van der Waals surface area contributed by atoms with E-state index in [1.807, 2.05) is 0 Å². The summed E-state index contributed by atoms with van der Waals surface area (Å²) >= 11 is 0. The molecule has 0 spiro atoms. The molecule has 0 aliphatic rings. The first-order chi connectivity index (χ1) is 3.31. The zero-order valence-corrected chi connectivity index (χ0v) is 4.23. The molecule has 0 saturated carbocycles. The van der Waals surface area contributed by atoms with Crippen molar-refractivity contribution < 1.29 is 0 Å². The molecule has 0 fully saturated rings. The third kappa shape index (κ3) is 2.89. The second-order valence-corrected chi connectivity index (χ2v) is 1.22. The largest absolute Gasteiger partial charge is 0.309 e. The number of hydrogen-bond acceptors (Lipinski definition) is 2. The van der Waals surface area contributed by atoms with Crippen molar-refractivity contribution in [1.82, 2.24) is 0 Å². The van der Waals surface area contributed by atoms with Gasteiger partial charge in [0, 0.05) is 12.4 Å². The second-order valence-electron chi connectivity index (χ2n) is 1.22. The van der Waals surface area contributed by atoms with E-state index in [-0.39, 0.29) is 0 Å². The quantitative estimate of drug-likeness (QED) is 0.486. The maximum atomic E-state index is 6.62. The highest BCUT2D eigenvalue weighted by molar-refractivity contribution is 5.83. The lowest BCUT2D eigenvalue weighted by Gasteiger charge is -1.77. The molecule has 2 heteroatoms. The Balaban J connectivity index is 3.72. The van der Waals surface area contributed by atoms with Crippen LogP contribution in [0.4, 0.5) is 0 Å². The van der Waals surface area contributed by atoms with Gasteiger partial charge in [0.05, 0.1) is 0 Å². The van der Waals surface area contributed by atoms with Crippen LogP contribution in [0, 0.1) is 10.8 Å². The van der Waals surface area contributed by atoms with Crippen molar-refractivity contribution in [3.05, 3.63) is 11.6 Å². The molecule has 0 bridgehead atoms. The van der Waals surface area contributed by atoms with Gasteiger partial charge in [-0.15, -0.1) is 0 Å². The molecule has 0 amide bonds. The van der Waals surface area contributed by atoms with Gasteiger partial charge in [-0.3, -0.25) is 0 Å². The topological polar surface area (TPSA) is 47.7 Å². The molecule has 0 atom stereocenters. The van der Waals surface area contributed by atoms with Gasteiger partial charge in [-0.2, -0.15) is 0 Å². The highest BCUT2D eigenvalue weighted by atomic mass is 14.3. The molecular weight excluding hydrogens is 88.1 g/mol. The van der Waals surface area contributed by atoms with E-state index in [9.17, 15) is 0 Å². The van der Waals surface area contributed by atoms with E-state index in [1.54, 1.807) is 13.0 Å². The summed E-state index contributed by atoms with van der Waals surface area (Å²) in [6, 6.07) is 0. The smallest absolute Gasteiger partial charge is 0.0207 e. The molecular formula is C5H8N2. The fourth-order valence-electron chi connectivity index (χ4n) is 0.180. The van der Waals surface area contributed by atoms with E-state index in [0.29, 0.717) is 0 Å². The number of rotatable bonds is 2. The van der Waals surface area contributed by atoms with Gasteiger partial charge >= 0.3 is 0 Å². The lowest BCUT2D eigenvalue weighted by Crippen LogP contribution is -1.72. The van der Waals surface area contributed by atoms with E-state index in [1.165, 1.54) is 12.4 Å². The van der Waals surface area contributed by atoms with Crippen molar-refractivity contribution in [2.24, 2.45) is 0 Å². The predicted molar refractivity (Wildman–Crippen MR) is 31.3 cm³/mol. The van der Waals surface area contributed by atoms with Crippen LogP contribution < -0.4 is 0 Å². The van der Waals surface area contributed by atoms with Gasteiger partial charge in [0.2, 0.25) is 0 Å². The van der Waals surface area contributed by atoms with Crippen molar-refractivity contribution in [3.63, 3.8) is 0 Å². The van der Waals surface area contributed by atoms with E-state index >= 15 is 0 Å². The van der Waals surface area contributed by atoms with Crippen LogP contribution in [-0.4, -0.2) is 12.4 Å². The van der Waals surface area contributed by atoms with Crippen LogP contribution in [0.25, 0.3) is 0 Å². The molecule has 0 saturated heterocycles. The maximum Gasteiger partial charge on any atom is 0.0207 e. The summed E-state index contributed by atoms with van der Waals surface area (Å²) in [7, 11) is 0. The SMILES string of the molecule is CC(C=N)=CC=N. The van der Waals surface area contributed by atoms with Crippen molar-refractivity contribution in [3.8, 4) is 0 Å². The Bertz CT molecular complexity index is 103. The molecule has 0 heterocycles. The van der Waals surface area contributed by atoms with E-state index in [0.717, 1.165) is 5.57 Å². The number of allylic oxidation sites excluding steroid dienone is 2. The van der Waals surface area contributed by atoms with Gasteiger partial charge in [-0.1, -0.05) is 0 Å². The summed E-state index contributed by atoms with van der Waals surface area (Å²) in [6.45, 7) is 1.78. The van der Waals surface area contributed by atoms with Gasteiger partial charge in [-0.05, 0) is 18.6 Å². The van der Waals surface area contributed by atoms with Crippen LogP contribution in [0.2, 0.25) is 0 Å². The van der Waals surface area contributed by atoms with Crippen molar-refractivity contribution in [2.75, 3.05) is 0 Å². The minimum Gasteiger partial charge on any atom is -0.309 e. The van der Waals surface area contributed by atoms with Crippen LogP contribution in [0.15, 0.2) is 11.6 Å². The third-order valence-corrected chi connectivity index (χ3v) is 0.574. The monoisotopic (exact) mass is 96.1 g/mol. The number of hydrogen-bond donors (Lipinski definition) is 2. The summed E-state index contributed by atoms with van der Waals surface area (Å²) in [5.41, 5.74) is 0.801. The molecule has 0 aromatic heterocycles. The normalized spacial score (nSPS) is 10.7. The average molecular weight is 96.1 g/mol. The van der Waals surface area contributed by atoms with E-state index < -0.39 is 0 Å². The molecule has 0 aromatic carbocycles. The summed E-state index contributed by atoms with van der Waals surface area (Å²) in [5.74, 6) is 0. The molecule has 0 rings (SSSR count). The molecule has 0 radical (unpaired) electrons. The average Bonchev–Trinajstić information content (AvgIpc) is 1.68. The van der Waals surface area contributed by atoms with Crippen molar-refractivity contribution in [2.45, 2.75) is 6.92 Å². The van der Waals surface area contributed by atoms with Crippen LogP contribution in [0.3, 0.4) is 0 Å². The third-order valence-electron chi connectivity index (χ3n) is 0.574. The Morgan fingerprint density at radius 3 is 2.14 bits per heavy atom. The molecule has 0 aromatic rings. The molecule has 38 valence electrons. The first-order valence-corrected chi connectivity index (χ1v) is 1.99. The van der Waals surface area contributed by atoms with Crippen molar-refractivity contribution >= 4 is 12.4 Å². The minimum atomic E-state index is 0.801. The van der Waals surface area contributed by atoms with E-state index in [2.05, 4.69) is 0 Å². The molecule has 2 nitrogen and oxygen atoms in total. The van der Waals surface area contributed by atoms with Crippen LogP contribution in [-0.2, 0) is 0 Å². The summed E-state index contributed by atoms with van der Waals surface area (Å²) in [5, 5.41) is 13.1. The van der Waals surface area contributed by atoms with Crippen LogP contribution in [0.5, 0.6) is 0 Å².